The number of nitrogens with zero attached hydrogens (tertiary/aromatic N) is 4. The number of carbonyl (C=O) groups excluding carboxylic acids is 1. The summed E-state index contributed by atoms with van der Waals surface area (Å²) in [5.41, 5.74) is -0.898. The maximum Gasteiger partial charge on any atom is 0.222 e. The molecular formula is C17H22N4O2S. The number of aryl methyl sites for hydroxylation is 1. The van der Waals surface area contributed by atoms with Crippen LogP contribution in [-0.4, -0.2) is 58.2 Å². The van der Waals surface area contributed by atoms with Crippen LogP contribution in [0.1, 0.15) is 17.7 Å². The quantitative estimate of drug-likeness (QED) is 0.860. The molecule has 0 spiro atoms. The largest absolute Gasteiger partial charge is 0.386 e. The van der Waals surface area contributed by atoms with Crippen molar-refractivity contribution < 1.29 is 9.90 Å². The van der Waals surface area contributed by atoms with Gasteiger partial charge in [-0.25, -0.2) is 4.98 Å². The van der Waals surface area contributed by atoms with E-state index in [1.54, 1.807) is 41.9 Å². The second kappa shape index (κ2) is 7.27. The molecule has 0 bridgehead atoms. The van der Waals surface area contributed by atoms with Gasteiger partial charge in [-0.3, -0.25) is 9.78 Å². The molecule has 1 aliphatic rings. The fourth-order valence-corrected chi connectivity index (χ4v) is 3.75. The fourth-order valence-electron chi connectivity index (χ4n) is 3.04. The maximum absolute atomic E-state index is 12.3. The Hall–Kier alpha value is -1.99. The Bertz CT molecular complexity index is 664. The molecule has 0 unspecified atom stereocenters. The predicted octanol–water partition coefficient (Wildman–Crippen LogP) is 1.57. The van der Waals surface area contributed by atoms with Crippen molar-refractivity contribution in [2.45, 2.75) is 24.9 Å². The summed E-state index contributed by atoms with van der Waals surface area (Å²) in [6.45, 7) is 1.52. The number of aliphatic hydroxyl groups is 1. The van der Waals surface area contributed by atoms with E-state index in [9.17, 15) is 9.90 Å². The van der Waals surface area contributed by atoms with Crippen molar-refractivity contribution in [2.24, 2.45) is 0 Å². The van der Waals surface area contributed by atoms with E-state index in [1.165, 1.54) is 4.88 Å². The lowest BCUT2D eigenvalue weighted by Crippen LogP contribution is -2.46. The highest BCUT2D eigenvalue weighted by molar-refractivity contribution is 7.09. The molecular weight excluding hydrogens is 324 g/mol. The third-order valence-electron chi connectivity index (χ3n) is 4.33. The maximum atomic E-state index is 12.3. The van der Waals surface area contributed by atoms with E-state index in [4.69, 9.17) is 0 Å². The van der Waals surface area contributed by atoms with Crippen LogP contribution in [0.5, 0.6) is 0 Å². The second-order valence-electron chi connectivity index (χ2n) is 6.29. The molecule has 24 heavy (non-hydrogen) atoms. The van der Waals surface area contributed by atoms with Crippen LogP contribution in [0.3, 0.4) is 0 Å². The Morgan fingerprint density at radius 3 is 3.08 bits per heavy atom. The van der Waals surface area contributed by atoms with E-state index in [0.717, 1.165) is 12.2 Å². The van der Waals surface area contributed by atoms with Gasteiger partial charge in [-0.05, 0) is 24.3 Å². The van der Waals surface area contributed by atoms with Crippen LogP contribution in [0.2, 0.25) is 0 Å². The normalized spacial score (nSPS) is 20.3. The number of rotatable bonds is 6. The third kappa shape index (κ3) is 4.10. The van der Waals surface area contributed by atoms with E-state index in [-0.39, 0.29) is 5.91 Å². The number of thiophene rings is 1. The van der Waals surface area contributed by atoms with E-state index in [2.05, 4.69) is 9.97 Å². The van der Waals surface area contributed by atoms with Crippen molar-refractivity contribution in [3.63, 3.8) is 0 Å². The number of likely N-dealkylation sites (N-methyl/N-ethyl adjacent to an activating group) is 1. The molecule has 0 aliphatic carbocycles. The average Bonchev–Trinajstić information content (AvgIpc) is 3.23. The molecule has 3 heterocycles. The van der Waals surface area contributed by atoms with Crippen molar-refractivity contribution in [1.82, 2.24) is 14.9 Å². The summed E-state index contributed by atoms with van der Waals surface area (Å²) in [5, 5.41) is 12.8. The standard InChI is InChI=1S/C17H22N4O2S/c1-20(16(22)5-4-14-3-2-10-24-14)12-17(23)6-9-21(13-17)15-11-18-7-8-19-15/h2-3,7-8,10-11,23H,4-6,9,12-13H2,1H3/t17-/m1/s1. The molecule has 1 amide bonds. The van der Waals surface area contributed by atoms with Crippen LogP contribution in [-0.2, 0) is 11.2 Å². The lowest BCUT2D eigenvalue weighted by molar-refractivity contribution is -0.132. The first kappa shape index (κ1) is 16.9. The molecule has 1 atom stereocenters. The van der Waals surface area contributed by atoms with Crippen LogP contribution >= 0.6 is 11.3 Å². The molecule has 2 aromatic rings. The summed E-state index contributed by atoms with van der Waals surface area (Å²) >= 11 is 1.67. The molecule has 3 rings (SSSR count). The van der Waals surface area contributed by atoms with Crippen molar-refractivity contribution in [2.75, 3.05) is 31.6 Å². The molecule has 1 N–H and O–H groups in total. The van der Waals surface area contributed by atoms with Gasteiger partial charge < -0.3 is 14.9 Å². The third-order valence-corrected chi connectivity index (χ3v) is 5.26. The van der Waals surface area contributed by atoms with Gasteiger partial charge in [-0.1, -0.05) is 6.07 Å². The van der Waals surface area contributed by atoms with Crippen LogP contribution in [0.15, 0.2) is 36.1 Å². The molecule has 128 valence electrons. The summed E-state index contributed by atoms with van der Waals surface area (Å²) in [6, 6.07) is 4.04. The van der Waals surface area contributed by atoms with Crippen LogP contribution in [0.4, 0.5) is 5.82 Å². The van der Waals surface area contributed by atoms with Crippen molar-refractivity contribution in [3.8, 4) is 0 Å². The first-order chi connectivity index (χ1) is 11.6. The molecule has 1 aliphatic heterocycles. The van der Waals surface area contributed by atoms with Gasteiger partial charge in [0, 0.05) is 43.8 Å². The minimum absolute atomic E-state index is 0.0646. The highest BCUT2D eigenvalue weighted by atomic mass is 32.1. The SMILES string of the molecule is CN(C[C@]1(O)CCN(c2cnccn2)C1)C(=O)CCc1cccs1. The molecule has 7 heteroatoms. The first-order valence-corrected chi connectivity index (χ1v) is 8.93. The summed E-state index contributed by atoms with van der Waals surface area (Å²) < 4.78 is 0. The van der Waals surface area contributed by atoms with Gasteiger partial charge in [0.25, 0.3) is 0 Å². The van der Waals surface area contributed by atoms with Gasteiger partial charge in [0.05, 0.1) is 12.7 Å². The van der Waals surface area contributed by atoms with Gasteiger partial charge in [0.2, 0.25) is 5.91 Å². The summed E-state index contributed by atoms with van der Waals surface area (Å²) in [4.78, 5) is 25.5. The highest BCUT2D eigenvalue weighted by Crippen LogP contribution is 2.26. The number of hydrogen-bond donors (Lipinski definition) is 1. The van der Waals surface area contributed by atoms with E-state index in [1.807, 2.05) is 22.4 Å². The monoisotopic (exact) mass is 346 g/mol. The van der Waals surface area contributed by atoms with E-state index < -0.39 is 5.60 Å². The Morgan fingerprint density at radius 1 is 1.50 bits per heavy atom. The zero-order chi connectivity index (χ0) is 17.0. The number of β-amino-alcohol motifs (C(OH)–C–C–N with tert-alkyl or cyclic N) is 1. The molecule has 0 radical (unpaired) electrons. The average molecular weight is 346 g/mol. The zero-order valence-corrected chi connectivity index (χ0v) is 14.6. The molecule has 6 nitrogen and oxygen atoms in total. The number of carbonyl (C=O) groups is 1. The molecule has 0 aromatic carbocycles. The Labute approximate surface area is 145 Å². The van der Waals surface area contributed by atoms with E-state index >= 15 is 0 Å². The lowest BCUT2D eigenvalue weighted by atomic mass is 10.0. The van der Waals surface area contributed by atoms with Crippen LogP contribution in [0.25, 0.3) is 0 Å². The van der Waals surface area contributed by atoms with Gasteiger partial charge in [-0.2, -0.15) is 0 Å². The van der Waals surface area contributed by atoms with Gasteiger partial charge >= 0.3 is 0 Å². The summed E-state index contributed by atoms with van der Waals surface area (Å²) in [5.74, 6) is 0.829. The van der Waals surface area contributed by atoms with Crippen molar-refractivity contribution >= 4 is 23.1 Å². The molecule has 1 fully saturated rings. The zero-order valence-electron chi connectivity index (χ0n) is 13.8. The predicted molar refractivity (Wildman–Crippen MR) is 94.1 cm³/mol. The van der Waals surface area contributed by atoms with Gasteiger partial charge in [0.15, 0.2) is 0 Å². The lowest BCUT2D eigenvalue weighted by Gasteiger charge is -2.29. The fraction of sp³-hybridized carbons (Fsp3) is 0.471. The summed E-state index contributed by atoms with van der Waals surface area (Å²) in [6.07, 6.45) is 6.82. The van der Waals surface area contributed by atoms with Crippen molar-refractivity contribution in [3.05, 3.63) is 41.0 Å². The van der Waals surface area contributed by atoms with Gasteiger partial charge in [0.1, 0.15) is 11.4 Å². The Morgan fingerprint density at radius 2 is 2.38 bits per heavy atom. The minimum atomic E-state index is -0.898. The molecule has 2 aromatic heterocycles. The highest BCUT2D eigenvalue weighted by Gasteiger charge is 2.38. The van der Waals surface area contributed by atoms with Gasteiger partial charge in [-0.15, -0.1) is 11.3 Å². The van der Waals surface area contributed by atoms with Crippen LogP contribution in [0, 0.1) is 0 Å². The topological polar surface area (TPSA) is 69.6 Å². The number of anilines is 1. The first-order valence-electron chi connectivity index (χ1n) is 8.05. The Kier molecular flexibility index (Phi) is 5.11. The number of aromatic nitrogens is 2. The van der Waals surface area contributed by atoms with Crippen LogP contribution < -0.4 is 4.90 Å². The molecule has 0 saturated carbocycles. The number of hydrogen-bond acceptors (Lipinski definition) is 6. The minimum Gasteiger partial charge on any atom is -0.386 e. The van der Waals surface area contributed by atoms with Crippen molar-refractivity contribution in [1.29, 1.82) is 0 Å². The second-order valence-corrected chi connectivity index (χ2v) is 7.32. The smallest absolute Gasteiger partial charge is 0.222 e. The number of amides is 1. The Balaban J connectivity index is 1.52. The molecule has 1 saturated heterocycles. The summed E-state index contributed by atoms with van der Waals surface area (Å²) in [7, 11) is 1.76. The van der Waals surface area contributed by atoms with E-state index in [0.29, 0.717) is 32.5 Å².